The van der Waals surface area contributed by atoms with Crippen LogP contribution in [0, 0.1) is 5.41 Å². The van der Waals surface area contributed by atoms with E-state index in [-0.39, 0.29) is 56.4 Å². The molecule has 1 atom stereocenters. The Bertz CT molecular complexity index is 851. The van der Waals surface area contributed by atoms with Crippen molar-refractivity contribution >= 4 is 24.8 Å². The van der Waals surface area contributed by atoms with Crippen molar-refractivity contribution in [2.45, 2.75) is 39.0 Å². The molecule has 0 spiro atoms. The van der Waals surface area contributed by atoms with Gasteiger partial charge in [0.2, 0.25) is 0 Å². The van der Waals surface area contributed by atoms with Crippen molar-refractivity contribution in [3.05, 3.63) is 95.6 Å². The Morgan fingerprint density at radius 2 is 1.54 bits per heavy atom. The zero-order valence-corrected chi connectivity index (χ0v) is 20.7. The summed E-state index contributed by atoms with van der Waals surface area (Å²) in [4.78, 5) is 0. The fourth-order valence-corrected chi connectivity index (χ4v) is 5.01. The molecule has 0 aliphatic heterocycles. The quantitative estimate of drug-likeness (QED) is 0.374. The molecule has 0 N–H and O–H groups in total. The first-order valence-electron chi connectivity index (χ1n) is 9.32. The molecule has 0 fully saturated rings. The second-order valence-electron chi connectivity index (χ2n) is 7.62. The van der Waals surface area contributed by atoms with E-state index in [0.717, 1.165) is 19.3 Å². The van der Waals surface area contributed by atoms with Crippen molar-refractivity contribution in [2.24, 2.45) is 5.41 Å². The number of hydrogen-bond acceptors (Lipinski definition) is 0. The van der Waals surface area contributed by atoms with Gasteiger partial charge in [-0.1, -0.05) is 84.8 Å². The van der Waals surface area contributed by atoms with Gasteiger partial charge >= 0.3 is 0 Å². The zero-order chi connectivity index (χ0) is 17.4. The van der Waals surface area contributed by atoms with Crippen LogP contribution in [0.3, 0.4) is 0 Å². The molecular weight excluding hydrogens is 462 g/mol. The molecule has 3 heteroatoms. The van der Waals surface area contributed by atoms with E-state index in [0.29, 0.717) is 5.92 Å². The van der Waals surface area contributed by atoms with E-state index in [9.17, 15) is 0 Å². The molecule has 0 saturated carbocycles. The second kappa shape index (κ2) is 10.2. The van der Waals surface area contributed by atoms with E-state index < -0.39 is 0 Å². The van der Waals surface area contributed by atoms with E-state index in [2.05, 4.69) is 87.2 Å². The maximum absolute atomic E-state index is 3.99. The Morgan fingerprint density at radius 1 is 1.00 bits per heavy atom. The van der Waals surface area contributed by atoms with E-state index in [1.807, 2.05) is 0 Å². The van der Waals surface area contributed by atoms with Gasteiger partial charge in [-0.3, -0.25) is 0 Å². The average molecular weight is 491 g/mol. The summed E-state index contributed by atoms with van der Waals surface area (Å²) in [5.74, 6) is 0.421. The first kappa shape index (κ1) is 25.2. The molecular formula is C25H28Cl2Zr. The first-order chi connectivity index (χ1) is 12.2. The van der Waals surface area contributed by atoms with Gasteiger partial charge in [0.15, 0.2) is 0 Å². The van der Waals surface area contributed by atoms with Crippen LogP contribution < -0.4 is 0 Å². The Morgan fingerprint density at radius 3 is 2.00 bits per heavy atom. The Kier molecular flexibility index (Phi) is 9.20. The predicted molar refractivity (Wildman–Crippen MR) is 122 cm³/mol. The van der Waals surface area contributed by atoms with Gasteiger partial charge in [0.1, 0.15) is 0 Å². The summed E-state index contributed by atoms with van der Waals surface area (Å²) >= 11 is 0. The molecule has 4 rings (SSSR count). The van der Waals surface area contributed by atoms with Gasteiger partial charge in [-0.05, 0) is 48.4 Å². The van der Waals surface area contributed by atoms with Crippen molar-refractivity contribution < 1.29 is 26.2 Å². The average Bonchev–Trinajstić information content (AvgIpc) is 3.22. The van der Waals surface area contributed by atoms with Gasteiger partial charge in [0.25, 0.3) is 0 Å². The van der Waals surface area contributed by atoms with E-state index >= 15 is 0 Å². The molecule has 146 valence electrons. The van der Waals surface area contributed by atoms with Gasteiger partial charge in [0, 0.05) is 37.5 Å². The van der Waals surface area contributed by atoms with Crippen LogP contribution in [-0.4, -0.2) is 0 Å². The van der Waals surface area contributed by atoms with Crippen LogP contribution in [-0.2, 0) is 26.2 Å². The second-order valence-corrected chi connectivity index (χ2v) is 7.62. The molecule has 0 radical (unpaired) electrons. The molecule has 2 aromatic rings. The van der Waals surface area contributed by atoms with Crippen LogP contribution in [0.5, 0.6) is 0 Å². The van der Waals surface area contributed by atoms with E-state index in [1.54, 1.807) is 5.57 Å². The smallest absolute Gasteiger partial charge is 0.0193 e. The number of fused-ring (bicyclic) bond motifs is 3. The normalized spacial score (nSPS) is 16.2. The molecule has 0 heterocycles. The first-order valence-corrected chi connectivity index (χ1v) is 9.32. The predicted octanol–water partition coefficient (Wildman–Crippen LogP) is 7.89. The molecule has 0 aromatic heterocycles. The molecule has 0 nitrogen and oxygen atoms in total. The molecule has 0 saturated heterocycles. The Labute approximate surface area is 201 Å². The van der Waals surface area contributed by atoms with Crippen molar-refractivity contribution in [1.29, 1.82) is 0 Å². The van der Waals surface area contributed by atoms with Gasteiger partial charge in [-0.25, -0.2) is 0 Å². The number of rotatable bonds is 5. The van der Waals surface area contributed by atoms with Crippen LogP contribution in [0.2, 0.25) is 0 Å². The summed E-state index contributed by atoms with van der Waals surface area (Å²) in [7, 11) is 0. The summed E-state index contributed by atoms with van der Waals surface area (Å²) in [6.45, 7) is 8.75. The van der Waals surface area contributed by atoms with Crippen LogP contribution in [0.1, 0.15) is 50.2 Å². The molecule has 0 bridgehead atoms. The summed E-state index contributed by atoms with van der Waals surface area (Å²) in [6.07, 6.45) is 9.97. The molecule has 0 amide bonds. The van der Waals surface area contributed by atoms with Crippen molar-refractivity contribution in [2.75, 3.05) is 0 Å². The fourth-order valence-electron chi connectivity index (χ4n) is 5.01. The van der Waals surface area contributed by atoms with Crippen LogP contribution in [0.25, 0.3) is 11.1 Å². The maximum Gasteiger partial charge on any atom is 0.0193 e. The topological polar surface area (TPSA) is 0 Å². The van der Waals surface area contributed by atoms with Gasteiger partial charge in [-0.15, -0.1) is 31.4 Å². The van der Waals surface area contributed by atoms with Crippen molar-refractivity contribution in [3.8, 4) is 11.1 Å². The third-order valence-electron chi connectivity index (χ3n) is 6.19. The van der Waals surface area contributed by atoms with Crippen molar-refractivity contribution in [1.82, 2.24) is 0 Å². The summed E-state index contributed by atoms with van der Waals surface area (Å²) in [5, 5.41) is 0. The third-order valence-corrected chi connectivity index (χ3v) is 6.19. The Balaban J connectivity index is 0.00000131. The monoisotopic (exact) mass is 488 g/mol. The van der Waals surface area contributed by atoms with Gasteiger partial charge in [0.05, 0.1) is 0 Å². The van der Waals surface area contributed by atoms with E-state index in [4.69, 9.17) is 0 Å². The fraction of sp³-hybridized carbons (Fsp3) is 0.280. The molecule has 2 aliphatic rings. The molecule has 2 aromatic carbocycles. The van der Waals surface area contributed by atoms with Gasteiger partial charge < -0.3 is 0 Å². The number of halogens is 2. The Hall–Kier alpha value is -0.877. The SMILES string of the molecule is C=CCCC(C)(C1=C(C)C=CC1)C1c2ccccc2-c2ccccc21.Cl.Cl.[Zr]. The minimum atomic E-state index is 0. The minimum absolute atomic E-state index is 0. The molecule has 28 heavy (non-hydrogen) atoms. The number of allylic oxidation sites excluding steroid dienone is 5. The summed E-state index contributed by atoms with van der Waals surface area (Å²) in [6, 6.07) is 18.0. The molecule has 1 unspecified atom stereocenters. The standard InChI is InChI=1S/C25H26.2ClH.Zr/c1-4-5-17-25(3,23-16-10-11-18(23)2)24-21-14-8-6-12-19(21)20-13-7-9-15-22(20)24;;;/h4,6-15,24H,1,5,16-17H2,2-3H3;2*1H;. The summed E-state index contributed by atoms with van der Waals surface area (Å²) in [5.41, 5.74) is 8.98. The van der Waals surface area contributed by atoms with E-state index in [1.165, 1.54) is 27.8 Å². The van der Waals surface area contributed by atoms with Crippen LogP contribution in [0.15, 0.2) is 84.5 Å². The third kappa shape index (κ3) is 4.04. The number of hydrogen-bond donors (Lipinski definition) is 0. The maximum atomic E-state index is 3.99. The zero-order valence-electron chi connectivity index (χ0n) is 16.6. The van der Waals surface area contributed by atoms with Crippen LogP contribution >= 0.6 is 24.8 Å². The van der Waals surface area contributed by atoms with Crippen molar-refractivity contribution in [3.63, 3.8) is 0 Å². The minimum Gasteiger partial charge on any atom is -0.147 e. The molecule has 2 aliphatic carbocycles. The van der Waals surface area contributed by atoms with Gasteiger partial charge in [-0.2, -0.15) is 0 Å². The van der Waals surface area contributed by atoms with Crippen LogP contribution in [0.4, 0.5) is 0 Å². The number of benzene rings is 2. The largest absolute Gasteiger partial charge is 0.147 e. The summed E-state index contributed by atoms with van der Waals surface area (Å²) < 4.78 is 0.